The van der Waals surface area contributed by atoms with Crippen molar-refractivity contribution in [1.82, 2.24) is 0 Å². The fraction of sp³-hybridized carbons (Fsp3) is 0.188. The second kappa shape index (κ2) is 5.92. The van der Waals surface area contributed by atoms with Crippen LogP contribution in [0.1, 0.15) is 5.56 Å². The minimum absolute atomic E-state index is 0.396. The van der Waals surface area contributed by atoms with Gasteiger partial charge in [-0.3, -0.25) is 0 Å². The van der Waals surface area contributed by atoms with Gasteiger partial charge >= 0.3 is 0 Å². The fourth-order valence-electron chi connectivity index (χ4n) is 1.95. The van der Waals surface area contributed by atoms with Crippen LogP contribution in [0.15, 0.2) is 42.5 Å². The molecule has 0 amide bonds. The van der Waals surface area contributed by atoms with Crippen molar-refractivity contribution in [2.24, 2.45) is 0 Å². The van der Waals surface area contributed by atoms with Gasteiger partial charge in [0.1, 0.15) is 11.5 Å². The maximum Gasteiger partial charge on any atom is 0.126 e. The first kappa shape index (κ1) is 13.0. The number of hydrogen-bond acceptors (Lipinski definition) is 3. The summed E-state index contributed by atoms with van der Waals surface area (Å²) in [7, 11) is 3.29. The van der Waals surface area contributed by atoms with E-state index in [0.717, 1.165) is 28.2 Å². The van der Waals surface area contributed by atoms with Gasteiger partial charge < -0.3 is 9.47 Å². The Morgan fingerprint density at radius 3 is 2.32 bits per heavy atom. The molecule has 0 saturated carbocycles. The van der Waals surface area contributed by atoms with Gasteiger partial charge in [0.05, 0.1) is 26.7 Å². The van der Waals surface area contributed by atoms with E-state index in [1.807, 2.05) is 42.5 Å². The van der Waals surface area contributed by atoms with Gasteiger partial charge in [-0.2, -0.15) is 5.26 Å². The molecule has 0 aliphatic carbocycles. The molecule has 0 N–H and O–H groups in total. The van der Waals surface area contributed by atoms with Crippen molar-refractivity contribution < 1.29 is 9.47 Å². The van der Waals surface area contributed by atoms with E-state index >= 15 is 0 Å². The van der Waals surface area contributed by atoms with Gasteiger partial charge in [0, 0.05) is 5.56 Å². The minimum atomic E-state index is 0.396. The Bertz CT molecular complexity index is 597. The van der Waals surface area contributed by atoms with Crippen LogP contribution in [0, 0.1) is 11.3 Å². The largest absolute Gasteiger partial charge is 0.497 e. The summed E-state index contributed by atoms with van der Waals surface area (Å²) >= 11 is 0. The van der Waals surface area contributed by atoms with E-state index in [1.165, 1.54) is 0 Å². The zero-order chi connectivity index (χ0) is 13.7. The van der Waals surface area contributed by atoms with Crippen LogP contribution in [0.5, 0.6) is 11.5 Å². The van der Waals surface area contributed by atoms with Crippen LogP contribution >= 0.6 is 0 Å². The van der Waals surface area contributed by atoms with Gasteiger partial charge in [-0.15, -0.1) is 0 Å². The molecule has 3 heteroatoms. The molecule has 0 saturated heterocycles. The highest BCUT2D eigenvalue weighted by atomic mass is 16.5. The molecule has 0 bridgehead atoms. The van der Waals surface area contributed by atoms with E-state index in [-0.39, 0.29) is 0 Å². The van der Waals surface area contributed by atoms with Gasteiger partial charge in [0.2, 0.25) is 0 Å². The van der Waals surface area contributed by atoms with Gasteiger partial charge in [-0.1, -0.05) is 18.2 Å². The standard InChI is InChI=1S/C16H15NO2/c1-18-14-6-4-13(5-7-14)15-11-12(9-10-17)3-8-16(15)19-2/h3-8,11H,9H2,1-2H3. The van der Waals surface area contributed by atoms with E-state index in [1.54, 1.807) is 14.2 Å². The minimum Gasteiger partial charge on any atom is -0.497 e. The van der Waals surface area contributed by atoms with Crippen LogP contribution in [-0.2, 0) is 6.42 Å². The van der Waals surface area contributed by atoms with Crippen molar-refractivity contribution in [2.45, 2.75) is 6.42 Å². The van der Waals surface area contributed by atoms with E-state index < -0.39 is 0 Å². The molecule has 0 unspecified atom stereocenters. The number of nitrogens with zero attached hydrogens (tertiary/aromatic N) is 1. The second-order valence-electron chi connectivity index (χ2n) is 4.10. The lowest BCUT2D eigenvalue weighted by Crippen LogP contribution is -1.91. The van der Waals surface area contributed by atoms with Crippen LogP contribution in [0.4, 0.5) is 0 Å². The first-order valence-electron chi connectivity index (χ1n) is 5.96. The summed E-state index contributed by atoms with van der Waals surface area (Å²) < 4.78 is 10.5. The van der Waals surface area contributed by atoms with Crippen molar-refractivity contribution in [3.63, 3.8) is 0 Å². The normalized spacial score (nSPS) is 9.74. The molecule has 3 nitrogen and oxygen atoms in total. The lowest BCUT2D eigenvalue weighted by Gasteiger charge is -2.10. The zero-order valence-corrected chi connectivity index (χ0v) is 11.0. The molecular weight excluding hydrogens is 238 g/mol. The molecule has 96 valence electrons. The highest BCUT2D eigenvalue weighted by Crippen LogP contribution is 2.32. The van der Waals surface area contributed by atoms with E-state index in [2.05, 4.69) is 6.07 Å². The number of benzene rings is 2. The van der Waals surface area contributed by atoms with Gasteiger partial charge in [0.15, 0.2) is 0 Å². The summed E-state index contributed by atoms with van der Waals surface area (Å²) in [6.07, 6.45) is 0.396. The van der Waals surface area contributed by atoms with Gasteiger partial charge in [-0.05, 0) is 35.4 Å². The van der Waals surface area contributed by atoms with Crippen LogP contribution in [-0.4, -0.2) is 14.2 Å². The number of rotatable bonds is 4. The molecule has 0 fully saturated rings. The smallest absolute Gasteiger partial charge is 0.126 e. The fourth-order valence-corrected chi connectivity index (χ4v) is 1.95. The third kappa shape index (κ3) is 2.86. The summed E-state index contributed by atoms with van der Waals surface area (Å²) in [5, 5.41) is 8.78. The quantitative estimate of drug-likeness (QED) is 0.838. The molecule has 19 heavy (non-hydrogen) atoms. The van der Waals surface area contributed by atoms with Crippen LogP contribution in [0.25, 0.3) is 11.1 Å². The average Bonchev–Trinajstić information content (AvgIpc) is 2.47. The summed E-state index contributed by atoms with van der Waals surface area (Å²) in [4.78, 5) is 0. The van der Waals surface area contributed by atoms with Crippen LogP contribution < -0.4 is 9.47 Å². The monoisotopic (exact) mass is 253 g/mol. The molecule has 2 rings (SSSR count). The number of hydrogen-bond donors (Lipinski definition) is 0. The molecule has 0 spiro atoms. The van der Waals surface area contributed by atoms with Crippen LogP contribution in [0.2, 0.25) is 0 Å². The first-order chi connectivity index (χ1) is 9.28. The second-order valence-corrected chi connectivity index (χ2v) is 4.10. The lowest BCUT2D eigenvalue weighted by molar-refractivity contribution is 0.414. The molecule has 0 atom stereocenters. The Morgan fingerprint density at radius 1 is 1.00 bits per heavy atom. The summed E-state index contributed by atoms with van der Waals surface area (Å²) in [6, 6.07) is 15.7. The van der Waals surface area contributed by atoms with Gasteiger partial charge in [-0.25, -0.2) is 0 Å². The number of ether oxygens (including phenoxy) is 2. The molecule has 0 aromatic heterocycles. The Morgan fingerprint density at radius 2 is 1.74 bits per heavy atom. The molecule has 2 aromatic carbocycles. The third-order valence-electron chi connectivity index (χ3n) is 2.95. The van der Waals surface area contributed by atoms with E-state index in [4.69, 9.17) is 14.7 Å². The number of methoxy groups -OCH3 is 2. The first-order valence-corrected chi connectivity index (χ1v) is 5.96. The maximum atomic E-state index is 8.78. The lowest BCUT2D eigenvalue weighted by atomic mass is 10.0. The molecular formula is C16H15NO2. The number of nitriles is 1. The molecule has 0 heterocycles. The summed E-state index contributed by atoms with van der Waals surface area (Å²) in [5.74, 6) is 1.61. The highest BCUT2D eigenvalue weighted by Gasteiger charge is 2.07. The van der Waals surface area contributed by atoms with Crippen molar-refractivity contribution in [3.05, 3.63) is 48.0 Å². The Hall–Kier alpha value is -2.47. The maximum absolute atomic E-state index is 8.78. The SMILES string of the molecule is COc1ccc(-c2cc(CC#N)ccc2OC)cc1. The molecule has 2 aromatic rings. The van der Waals surface area contributed by atoms with Crippen molar-refractivity contribution in [2.75, 3.05) is 14.2 Å². The average molecular weight is 253 g/mol. The topological polar surface area (TPSA) is 42.2 Å². The predicted molar refractivity (Wildman–Crippen MR) is 74.3 cm³/mol. The van der Waals surface area contributed by atoms with Crippen molar-refractivity contribution in [3.8, 4) is 28.7 Å². The molecule has 0 aliphatic heterocycles. The molecule has 0 radical (unpaired) electrons. The molecule has 0 aliphatic rings. The van der Waals surface area contributed by atoms with Crippen molar-refractivity contribution in [1.29, 1.82) is 5.26 Å². The van der Waals surface area contributed by atoms with E-state index in [0.29, 0.717) is 6.42 Å². The Kier molecular flexibility index (Phi) is 4.04. The highest BCUT2D eigenvalue weighted by molar-refractivity contribution is 5.71. The van der Waals surface area contributed by atoms with Crippen LogP contribution in [0.3, 0.4) is 0 Å². The van der Waals surface area contributed by atoms with E-state index in [9.17, 15) is 0 Å². The third-order valence-corrected chi connectivity index (χ3v) is 2.95. The van der Waals surface area contributed by atoms with Crippen molar-refractivity contribution >= 4 is 0 Å². The van der Waals surface area contributed by atoms with Gasteiger partial charge in [0.25, 0.3) is 0 Å². The Labute approximate surface area is 113 Å². The summed E-state index contributed by atoms with van der Waals surface area (Å²) in [5.41, 5.74) is 3.00. The summed E-state index contributed by atoms with van der Waals surface area (Å²) in [6.45, 7) is 0. The Balaban J connectivity index is 2.45. The predicted octanol–water partition coefficient (Wildman–Crippen LogP) is 3.44. The zero-order valence-electron chi connectivity index (χ0n) is 11.0.